The molecule has 1 aliphatic rings. The minimum absolute atomic E-state index is 0.116. The van der Waals surface area contributed by atoms with Crippen molar-refractivity contribution < 1.29 is 4.79 Å². The van der Waals surface area contributed by atoms with Crippen LogP contribution in [-0.4, -0.2) is 30.3 Å². The predicted octanol–water partition coefficient (Wildman–Crippen LogP) is 1.74. The first-order chi connectivity index (χ1) is 7.75. The summed E-state index contributed by atoms with van der Waals surface area (Å²) in [5.74, 6) is 0. The maximum atomic E-state index is 11.4. The molecule has 1 N–H and O–H groups in total. The van der Waals surface area contributed by atoms with Crippen LogP contribution in [0.5, 0.6) is 0 Å². The average molecular weight is 217 g/mol. The molecule has 4 nitrogen and oxygen atoms in total. The zero-order chi connectivity index (χ0) is 11.4. The van der Waals surface area contributed by atoms with Crippen LogP contribution in [0.4, 0.5) is 4.79 Å². The molecular weight excluding hydrogens is 202 g/mol. The third-order valence-corrected chi connectivity index (χ3v) is 2.48. The Bertz CT molecular complexity index is 397. The Hall–Kier alpha value is -1.84. The molecule has 0 saturated carbocycles. The van der Waals surface area contributed by atoms with Crippen molar-refractivity contribution in [3.63, 3.8) is 0 Å². The van der Waals surface area contributed by atoms with Gasteiger partial charge in [-0.25, -0.2) is 9.80 Å². The number of rotatable bonds is 2. The first-order valence-electron chi connectivity index (χ1n) is 5.42. The van der Waals surface area contributed by atoms with Gasteiger partial charge >= 0.3 is 6.03 Å². The van der Waals surface area contributed by atoms with Crippen molar-refractivity contribution in [1.29, 1.82) is 0 Å². The lowest BCUT2D eigenvalue weighted by Crippen LogP contribution is -2.43. The standard InChI is InChI=1S/C12H15N3O/c1-10-3-5-11(6-4-10)9-14-15-8-2-7-13-12(15)16/h3-6,9H,2,7-8H2,1H3,(H,13,16). The molecule has 0 aliphatic carbocycles. The molecule has 1 aliphatic heterocycles. The van der Waals surface area contributed by atoms with Crippen molar-refractivity contribution in [2.75, 3.05) is 13.1 Å². The van der Waals surface area contributed by atoms with Gasteiger partial charge in [0, 0.05) is 13.1 Å². The number of nitrogens with one attached hydrogen (secondary N) is 1. The number of carbonyl (C=O) groups is 1. The first kappa shape index (κ1) is 10.7. The summed E-state index contributed by atoms with van der Waals surface area (Å²) in [5, 5.41) is 8.37. The van der Waals surface area contributed by atoms with Gasteiger partial charge in [0.15, 0.2) is 0 Å². The van der Waals surface area contributed by atoms with Crippen LogP contribution < -0.4 is 5.32 Å². The number of urea groups is 1. The first-order valence-corrected chi connectivity index (χ1v) is 5.42. The number of hydrazone groups is 1. The summed E-state index contributed by atoms with van der Waals surface area (Å²) < 4.78 is 0. The summed E-state index contributed by atoms with van der Waals surface area (Å²) in [4.78, 5) is 11.4. The van der Waals surface area contributed by atoms with Crippen LogP contribution in [0.15, 0.2) is 29.4 Å². The Morgan fingerprint density at radius 3 is 2.81 bits per heavy atom. The van der Waals surface area contributed by atoms with Gasteiger partial charge in [0.05, 0.1) is 6.21 Å². The molecule has 2 amide bonds. The van der Waals surface area contributed by atoms with E-state index in [1.165, 1.54) is 10.6 Å². The molecule has 1 heterocycles. The van der Waals surface area contributed by atoms with Crippen LogP contribution in [0.3, 0.4) is 0 Å². The lowest BCUT2D eigenvalue weighted by atomic mass is 10.2. The van der Waals surface area contributed by atoms with Gasteiger partial charge in [-0.1, -0.05) is 29.8 Å². The Morgan fingerprint density at radius 1 is 1.38 bits per heavy atom. The largest absolute Gasteiger partial charge is 0.337 e. The van der Waals surface area contributed by atoms with Crippen molar-refractivity contribution in [2.24, 2.45) is 5.10 Å². The van der Waals surface area contributed by atoms with E-state index >= 15 is 0 Å². The minimum atomic E-state index is -0.116. The quantitative estimate of drug-likeness (QED) is 0.753. The maximum Gasteiger partial charge on any atom is 0.337 e. The molecule has 84 valence electrons. The number of hydrogen-bond donors (Lipinski definition) is 1. The van der Waals surface area contributed by atoms with Crippen LogP contribution >= 0.6 is 0 Å². The zero-order valence-corrected chi connectivity index (χ0v) is 9.31. The third kappa shape index (κ3) is 2.59. The molecule has 0 spiro atoms. The van der Waals surface area contributed by atoms with E-state index in [1.807, 2.05) is 31.2 Å². The van der Waals surface area contributed by atoms with Gasteiger partial charge in [-0.3, -0.25) is 0 Å². The van der Waals surface area contributed by atoms with Crippen LogP contribution in [-0.2, 0) is 0 Å². The summed E-state index contributed by atoms with van der Waals surface area (Å²) in [6.45, 7) is 3.47. The summed E-state index contributed by atoms with van der Waals surface area (Å²) in [6, 6.07) is 7.91. The Balaban J connectivity index is 2.02. The fourth-order valence-electron chi connectivity index (χ4n) is 1.52. The Labute approximate surface area is 95.0 Å². The van der Waals surface area contributed by atoms with E-state index in [9.17, 15) is 4.79 Å². The van der Waals surface area contributed by atoms with Crippen molar-refractivity contribution in [3.05, 3.63) is 35.4 Å². The number of hydrogen-bond acceptors (Lipinski definition) is 2. The van der Waals surface area contributed by atoms with E-state index in [-0.39, 0.29) is 6.03 Å². The number of carbonyl (C=O) groups excluding carboxylic acids is 1. The topological polar surface area (TPSA) is 44.7 Å². The Kier molecular flexibility index (Phi) is 3.19. The number of aryl methyl sites for hydroxylation is 1. The second-order valence-corrected chi connectivity index (χ2v) is 3.86. The monoisotopic (exact) mass is 217 g/mol. The fourth-order valence-corrected chi connectivity index (χ4v) is 1.52. The van der Waals surface area contributed by atoms with Gasteiger partial charge in [0.1, 0.15) is 0 Å². The molecule has 0 unspecified atom stereocenters. The van der Waals surface area contributed by atoms with Crippen molar-refractivity contribution in [2.45, 2.75) is 13.3 Å². The molecule has 4 heteroatoms. The summed E-state index contributed by atoms with van der Waals surface area (Å²) >= 11 is 0. The minimum Gasteiger partial charge on any atom is -0.336 e. The van der Waals surface area contributed by atoms with E-state index in [0.29, 0.717) is 6.54 Å². The molecule has 1 saturated heterocycles. The maximum absolute atomic E-state index is 11.4. The normalized spacial score (nSPS) is 16.6. The van der Waals surface area contributed by atoms with Crippen molar-refractivity contribution >= 4 is 12.2 Å². The number of nitrogens with zero attached hydrogens (tertiary/aromatic N) is 2. The van der Waals surface area contributed by atoms with Crippen molar-refractivity contribution in [3.8, 4) is 0 Å². The van der Waals surface area contributed by atoms with Gasteiger partial charge in [0.2, 0.25) is 0 Å². The number of amides is 2. The summed E-state index contributed by atoms with van der Waals surface area (Å²) in [5.41, 5.74) is 2.22. The third-order valence-electron chi connectivity index (χ3n) is 2.48. The molecule has 0 atom stereocenters. The highest BCUT2D eigenvalue weighted by Crippen LogP contribution is 2.03. The van der Waals surface area contributed by atoms with Crippen LogP contribution in [0.1, 0.15) is 17.5 Å². The molecule has 2 rings (SSSR count). The molecule has 0 bridgehead atoms. The molecule has 1 fully saturated rings. The second-order valence-electron chi connectivity index (χ2n) is 3.86. The molecule has 0 aromatic heterocycles. The van der Waals surface area contributed by atoms with Gasteiger partial charge in [-0.05, 0) is 18.9 Å². The van der Waals surface area contributed by atoms with E-state index < -0.39 is 0 Å². The van der Waals surface area contributed by atoms with Gasteiger partial charge in [-0.15, -0.1) is 0 Å². The van der Waals surface area contributed by atoms with E-state index in [1.54, 1.807) is 6.21 Å². The zero-order valence-electron chi connectivity index (χ0n) is 9.31. The molecule has 1 aromatic carbocycles. The highest BCUT2D eigenvalue weighted by molar-refractivity contribution is 5.82. The Morgan fingerprint density at radius 2 is 2.12 bits per heavy atom. The van der Waals surface area contributed by atoms with Crippen LogP contribution in [0, 0.1) is 6.92 Å². The SMILES string of the molecule is Cc1ccc(C=NN2CCCNC2=O)cc1. The summed E-state index contributed by atoms with van der Waals surface area (Å²) in [6.07, 6.45) is 2.65. The van der Waals surface area contributed by atoms with Gasteiger partial charge in [0.25, 0.3) is 0 Å². The van der Waals surface area contributed by atoms with E-state index in [2.05, 4.69) is 10.4 Å². The van der Waals surface area contributed by atoms with E-state index in [0.717, 1.165) is 18.5 Å². The number of benzene rings is 1. The lowest BCUT2D eigenvalue weighted by Gasteiger charge is -2.22. The molecule has 0 radical (unpaired) electrons. The average Bonchev–Trinajstić information content (AvgIpc) is 2.30. The second kappa shape index (κ2) is 4.79. The molecule has 16 heavy (non-hydrogen) atoms. The van der Waals surface area contributed by atoms with Crippen LogP contribution in [0.25, 0.3) is 0 Å². The smallest absolute Gasteiger partial charge is 0.336 e. The summed E-state index contributed by atoms with van der Waals surface area (Å²) in [7, 11) is 0. The van der Waals surface area contributed by atoms with Gasteiger partial charge in [-0.2, -0.15) is 5.10 Å². The highest BCUT2D eigenvalue weighted by Gasteiger charge is 2.15. The fraction of sp³-hybridized carbons (Fsp3) is 0.333. The van der Waals surface area contributed by atoms with Crippen molar-refractivity contribution in [1.82, 2.24) is 10.3 Å². The lowest BCUT2D eigenvalue weighted by molar-refractivity contribution is 0.189. The highest BCUT2D eigenvalue weighted by atomic mass is 16.2. The molecule has 1 aromatic rings. The predicted molar refractivity (Wildman–Crippen MR) is 63.5 cm³/mol. The molecular formula is C12H15N3O. The van der Waals surface area contributed by atoms with Gasteiger partial charge < -0.3 is 5.32 Å². The van der Waals surface area contributed by atoms with E-state index in [4.69, 9.17) is 0 Å². The van der Waals surface area contributed by atoms with Crippen LogP contribution in [0.2, 0.25) is 0 Å².